The fourth-order valence-electron chi connectivity index (χ4n) is 0.856. The van der Waals surface area contributed by atoms with Gasteiger partial charge in [-0.3, -0.25) is 0 Å². The van der Waals surface area contributed by atoms with E-state index in [0.717, 1.165) is 5.56 Å². The molecule has 0 aliphatic heterocycles. The molecule has 1 atom stereocenters. The van der Waals surface area contributed by atoms with Crippen LogP contribution in [0.2, 0.25) is 0 Å². The summed E-state index contributed by atoms with van der Waals surface area (Å²) in [5, 5.41) is 1.70. The van der Waals surface area contributed by atoms with Crippen molar-refractivity contribution < 1.29 is 12.6 Å². The minimum atomic E-state index is -3.87. The van der Waals surface area contributed by atoms with Gasteiger partial charge in [-0.05, 0) is 19.1 Å². The van der Waals surface area contributed by atoms with Gasteiger partial charge in [0.2, 0.25) is 9.83 Å². The lowest BCUT2D eigenvalue weighted by molar-refractivity contribution is 0.606. The van der Waals surface area contributed by atoms with E-state index < -0.39 is 18.7 Å². The molecule has 0 fully saturated rings. The summed E-state index contributed by atoms with van der Waals surface area (Å²) in [6.45, 7) is 1.83. The van der Waals surface area contributed by atoms with Crippen molar-refractivity contribution in [3.63, 3.8) is 0 Å². The molecule has 1 unspecified atom stereocenters. The number of rotatable bonds is 2. The number of benzene rings is 1. The predicted octanol–water partition coefficient (Wildman–Crippen LogP) is 1.02. The minimum absolute atomic E-state index is 0.0145. The van der Waals surface area contributed by atoms with Crippen molar-refractivity contribution in [3.05, 3.63) is 29.8 Å². The van der Waals surface area contributed by atoms with E-state index in [1.165, 1.54) is 12.1 Å². The molecule has 0 radical (unpaired) electrons. The van der Waals surface area contributed by atoms with Crippen molar-refractivity contribution >= 4 is 18.7 Å². The van der Waals surface area contributed by atoms with Crippen LogP contribution in [0.25, 0.3) is 0 Å². The summed E-state index contributed by atoms with van der Waals surface area (Å²) >= 11 is 0. The number of aryl methyl sites for hydroxylation is 1. The van der Waals surface area contributed by atoms with Crippen molar-refractivity contribution in [2.45, 2.75) is 11.8 Å². The van der Waals surface area contributed by atoms with E-state index in [0.29, 0.717) is 0 Å². The summed E-state index contributed by atoms with van der Waals surface area (Å²) in [6, 6.07) is 6.03. The van der Waals surface area contributed by atoms with Crippen LogP contribution >= 0.6 is 0 Å². The molecule has 0 aromatic heterocycles. The first-order valence-corrected chi connectivity index (χ1v) is 6.83. The molecule has 0 bridgehead atoms. The molecule has 1 aromatic carbocycles. The lowest BCUT2D eigenvalue weighted by Gasteiger charge is -1.99. The standard InChI is InChI=1S/C9H8O3S2/c1-3-13(10)14(11,12)9-6-4-8(2)5-7-9/h1,4-7H,2H3. The second kappa shape index (κ2) is 3.95. The Bertz CT molecular complexity index is 492. The van der Waals surface area contributed by atoms with Gasteiger partial charge in [-0.25, -0.2) is 12.6 Å². The average molecular weight is 228 g/mol. The van der Waals surface area contributed by atoms with Gasteiger partial charge in [0.15, 0.2) is 0 Å². The molecule has 0 saturated carbocycles. The lowest BCUT2D eigenvalue weighted by Crippen LogP contribution is -2.06. The van der Waals surface area contributed by atoms with Crippen LogP contribution in [0.4, 0.5) is 0 Å². The van der Waals surface area contributed by atoms with Crippen molar-refractivity contribution in [1.82, 2.24) is 0 Å². The van der Waals surface area contributed by atoms with Gasteiger partial charge in [0.1, 0.15) is 0 Å². The zero-order valence-electron chi connectivity index (χ0n) is 7.43. The maximum Gasteiger partial charge on any atom is 0.269 e. The minimum Gasteiger partial charge on any atom is -0.229 e. The Morgan fingerprint density at radius 3 is 2.21 bits per heavy atom. The van der Waals surface area contributed by atoms with Gasteiger partial charge in [-0.2, -0.15) is 0 Å². The van der Waals surface area contributed by atoms with Gasteiger partial charge in [-0.1, -0.05) is 17.7 Å². The predicted molar refractivity (Wildman–Crippen MR) is 55.3 cm³/mol. The number of hydrogen-bond donors (Lipinski definition) is 0. The summed E-state index contributed by atoms with van der Waals surface area (Å²) in [7, 11) is -6.16. The third kappa shape index (κ3) is 2.03. The Hall–Kier alpha value is -1.12. The molecule has 1 aromatic rings. The van der Waals surface area contributed by atoms with Crippen LogP contribution in [0, 0.1) is 18.6 Å². The summed E-state index contributed by atoms with van der Waals surface area (Å²) in [5.41, 5.74) is 0.926. The molecule has 0 aliphatic carbocycles. The molecule has 5 heteroatoms. The first kappa shape index (κ1) is 11.0. The monoisotopic (exact) mass is 228 g/mol. The van der Waals surface area contributed by atoms with E-state index in [4.69, 9.17) is 6.42 Å². The highest BCUT2D eigenvalue weighted by Crippen LogP contribution is 2.14. The molecule has 1 rings (SSSR count). The number of hydrogen-bond acceptors (Lipinski definition) is 3. The van der Waals surface area contributed by atoms with E-state index in [1.807, 2.05) is 6.92 Å². The topological polar surface area (TPSA) is 51.2 Å². The quantitative estimate of drug-likeness (QED) is 0.561. The molecule has 0 spiro atoms. The fourth-order valence-corrected chi connectivity index (χ4v) is 2.86. The zero-order chi connectivity index (χ0) is 10.8. The molecule has 74 valence electrons. The van der Waals surface area contributed by atoms with Crippen molar-refractivity contribution in [2.24, 2.45) is 0 Å². The second-order valence-corrected chi connectivity index (χ2v) is 6.93. The maximum absolute atomic E-state index is 11.4. The van der Waals surface area contributed by atoms with Crippen molar-refractivity contribution in [2.75, 3.05) is 0 Å². The highest BCUT2D eigenvalue weighted by Gasteiger charge is 2.20. The number of terminal acetylenes is 1. The van der Waals surface area contributed by atoms with Gasteiger partial charge >= 0.3 is 0 Å². The average Bonchev–Trinajstić information content (AvgIpc) is 2.17. The summed E-state index contributed by atoms with van der Waals surface area (Å²) < 4.78 is 33.9. The Balaban J connectivity index is 3.26. The molecule has 3 nitrogen and oxygen atoms in total. The Kier molecular flexibility index (Phi) is 3.09. The third-order valence-electron chi connectivity index (χ3n) is 1.61. The van der Waals surface area contributed by atoms with Crippen LogP contribution < -0.4 is 0 Å². The fraction of sp³-hybridized carbons (Fsp3) is 0.111. The summed E-state index contributed by atoms with van der Waals surface area (Å²) in [4.78, 5) is -0.0145. The van der Waals surface area contributed by atoms with Gasteiger partial charge in [0, 0.05) is 5.25 Å². The smallest absolute Gasteiger partial charge is 0.229 e. The van der Waals surface area contributed by atoms with Crippen molar-refractivity contribution in [1.29, 1.82) is 0 Å². The van der Waals surface area contributed by atoms with Gasteiger partial charge in [0.25, 0.3) is 8.87 Å². The summed E-state index contributed by atoms with van der Waals surface area (Å²) in [6.07, 6.45) is 4.80. The molecule has 0 saturated heterocycles. The normalized spacial score (nSPS) is 13.1. The van der Waals surface area contributed by atoms with Gasteiger partial charge in [0.05, 0.1) is 4.90 Å². The molecule has 0 heterocycles. The molecule has 0 N–H and O–H groups in total. The largest absolute Gasteiger partial charge is 0.269 e. The summed E-state index contributed by atoms with van der Waals surface area (Å²) in [5.74, 6) is 0. The highest BCUT2D eigenvalue weighted by atomic mass is 33.2. The SMILES string of the molecule is C#CS(=O)S(=O)(=O)c1ccc(C)cc1. The highest BCUT2D eigenvalue weighted by molar-refractivity contribution is 8.66. The molecule has 0 aliphatic rings. The zero-order valence-corrected chi connectivity index (χ0v) is 9.06. The van der Waals surface area contributed by atoms with Crippen LogP contribution in [-0.2, 0) is 18.7 Å². The van der Waals surface area contributed by atoms with E-state index in [9.17, 15) is 12.6 Å². The van der Waals surface area contributed by atoms with Gasteiger partial charge in [-0.15, -0.1) is 6.42 Å². The third-order valence-corrected chi connectivity index (χ3v) is 5.11. The van der Waals surface area contributed by atoms with Crippen LogP contribution in [0.3, 0.4) is 0 Å². The van der Waals surface area contributed by atoms with E-state index >= 15 is 0 Å². The molecular weight excluding hydrogens is 220 g/mol. The van der Waals surface area contributed by atoms with E-state index in [2.05, 4.69) is 0 Å². The molecule has 0 amide bonds. The van der Waals surface area contributed by atoms with Crippen molar-refractivity contribution in [3.8, 4) is 11.7 Å². The lowest BCUT2D eigenvalue weighted by atomic mass is 10.2. The van der Waals surface area contributed by atoms with Crippen LogP contribution in [0.1, 0.15) is 5.56 Å². The van der Waals surface area contributed by atoms with Crippen LogP contribution in [0.5, 0.6) is 0 Å². The van der Waals surface area contributed by atoms with Crippen LogP contribution in [-0.4, -0.2) is 12.6 Å². The van der Waals surface area contributed by atoms with Crippen LogP contribution in [0.15, 0.2) is 29.2 Å². The maximum atomic E-state index is 11.4. The van der Waals surface area contributed by atoms with E-state index in [1.54, 1.807) is 17.4 Å². The first-order chi connectivity index (χ1) is 6.48. The van der Waals surface area contributed by atoms with Gasteiger partial charge < -0.3 is 0 Å². The second-order valence-electron chi connectivity index (χ2n) is 2.62. The van der Waals surface area contributed by atoms with E-state index in [-0.39, 0.29) is 4.90 Å². The molecular formula is C9H8O3S2. The Labute approximate surface area is 84.9 Å². The Morgan fingerprint density at radius 2 is 1.79 bits per heavy atom. The molecule has 14 heavy (non-hydrogen) atoms. The Morgan fingerprint density at radius 1 is 1.29 bits per heavy atom. The first-order valence-electron chi connectivity index (χ1n) is 3.68.